The molecular weight excluding hydrogens is 455 g/mol. The normalized spacial score (nSPS) is 11.7. The number of ether oxygens (including phenoxy) is 1. The minimum atomic E-state index is -0.441. The lowest BCUT2D eigenvalue weighted by atomic mass is 10.2. The fourth-order valence-electron chi connectivity index (χ4n) is 2.06. The van der Waals surface area contributed by atoms with E-state index in [-0.39, 0.29) is 0 Å². The van der Waals surface area contributed by atoms with Crippen molar-refractivity contribution in [1.29, 1.82) is 0 Å². The van der Waals surface area contributed by atoms with Gasteiger partial charge in [0, 0.05) is 28.2 Å². The lowest BCUT2D eigenvalue weighted by Gasteiger charge is -2.21. The number of aliphatic imine (C=N–C) groups is 1. The molecule has 0 unspecified atom stereocenters. The van der Waals surface area contributed by atoms with Gasteiger partial charge in [0.2, 0.25) is 5.88 Å². The van der Waals surface area contributed by atoms with E-state index in [1.807, 2.05) is 27.7 Å². The molecule has 0 aliphatic carbocycles. The van der Waals surface area contributed by atoms with Gasteiger partial charge in [-0.15, -0.1) is 24.6 Å². The Bertz CT molecular complexity index is 989. The summed E-state index contributed by atoms with van der Waals surface area (Å²) in [6.07, 6.45) is 11.6. The summed E-state index contributed by atoms with van der Waals surface area (Å²) in [7, 11) is 0. The highest BCUT2D eigenvalue weighted by molar-refractivity contribution is 6.37. The van der Waals surface area contributed by atoms with Crippen molar-refractivity contribution in [3.8, 4) is 18.2 Å². The molecule has 164 valence electrons. The van der Waals surface area contributed by atoms with E-state index in [2.05, 4.69) is 32.8 Å². The topological polar surface area (TPSA) is 59.4 Å². The van der Waals surface area contributed by atoms with Gasteiger partial charge < -0.3 is 10.1 Å². The molecule has 1 N–H and O–H groups in total. The summed E-state index contributed by atoms with van der Waals surface area (Å²) in [4.78, 5) is 12.9. The van der Waals surface area contributed by atoms with E-state index in [0.717, 1.165) is 5.70 Å². The molecule has 0 aliphatic rings. The van der Waals surface area contributed by atoms with Crippen LogP contribution in [0.2, 0.25) is 10.0 Å². The van der Waals surface area contributed by atoms with Gasteiger partial charge in [-0.25, -0.2) is 9.98 Å². The molecular formula is C23H25Cl3N4O. The van der Waals surface area contributed by atoms with Crippen LogP contribution in [0.1, 0.15) is 33.3 Å². The largest absolute Gasteiger partial charge is 0.470 e. The molecule has 8 heteroatoms. The van der Waals surface area contributed by atoms with Crippen molar-refractivity contribution in [1.82, 2.24) is 15.3 Å². The van der Waals surface area contributed by atoms with Crippen molar-refractivity contribution in [2.24, 2.45) is 4.99 Å². The number of benzene rings is 1. The molecule has 0 amide bonds. The molecule has 0 aliphatic heterocycles. The summed E-state index contributed by atoms with van der Waals surface area (Å²) in [6, 6.07) is 5.14. The number of rotatable bonds is 5. The summed E-state index contributed by atoms with van der Waals surface area (Å²) in [6.45, 7) is 11.0. The smallest absolute Gasteiger partial charge is 0.243 e. The van der Waals surface area contributed by atoms with E-state index in [1.54, 1.807) is 36.5 Å². The highest BCUT2D eigenvalue weighted by Crippen LogP contribution is 2.29. The Balaban J connectivity index is 0.00000110. The number of terminal acetylenes is 1. The van der Waals surface area contributed by atoms with Gasteiger partial charge in [-0.05, 0) is 45.9 Å². The van der Waals surface area contributed by atoms with Crippen LogP contribution in [0.15, 0.2) is 60.1 Å². The first-order chi connectivity index (χ1) is 14.6. The Hall–Kier alpha value is -2.52. The predicted octanol–water partition coefficient (Wildman–Crippen LogP) is 6.58. The molecule has 1 heterocycles. The van der Waals surface area contributed by atoms with Crippen LogP contribution in [0, 0.1) is 12.3 Å². The van der Waals surface area contributed by atoms with E-state index in [4.69, 9.17) is 46.0 Å². The van der Waals surface area contributed by atoms with Crippen molar-refractivity contribution < 1.29 is 4.74 Å². The van der Waals surface area contributed by atoms with Gasteiger partial charge in [0.25, 0.3) is 0 Å². The van der Waals surface area contributed by atoms with Crippen molar-refractivity contribution >= 4 is 46.3 Å². The average Bonchev–Trinajstić information content (AvgIpc) is 2.68. The number of nitrogens with one attached hydrogen (secondary N) is 1. The fourth-order valence-corrected chi connectivity index (χ4v) is 2.56. The van der Waals surface area contributed by atoms with E-state index < -0.39 is 5.60 Å². The predicted molar refractivity (Wildman–Crippen MR) is 132 cm³/mol. The summed E-state index contributed by atoms with van der Waals surface area (Å²) in [5, 5.41) is 4.13. The second-order valence-electron chi connectivity index (χ2n) is 7.07. The molecule has 31 heavy (non-hydrogen) atoms. The number of amidine groups is 1. The van der Waals surface area contributed by atoms with E-state index >= 15 is 0 Å². The third-order valence-corrected chi connectivity index (χ3v) is 3.97. The summed E-state index contributed by atoms with van der Waals surface area (Å²) < 4.78 is 5.88. The van der Waals surface area contributed by atoms with Gasteiger partial charge >= 0.3 is 0 Å². The van der Waals surface area contributed by atoms with E-state index in [0.29, 0.717) is 38.9 Å². The summed E-state index contributed by atoms with van der Waals surface area (Å²) in [5.74, 6) is 3.86. The van der Waals surface area contributed by atoms with E-state index in [9.17, 15) is 0 Å². The second kappa shape index (κ2) is 13.0. The highest BCUT2D eigenvalue weighted by Gasteiger charge is 2.17. The molecule has 5 nitrogen and oxygen atoms in total. The molecule has 2 rings (SSSR count). The first-order valence-electron chi connectivity index (χ1n) is 9.21. The van der Waals surface area contributed by atoms with Crippen LogP contribution in [-0.4, -0.2) is 27.3 Å². The third-order valence-electron chi connectivity index (χ3n) is 3.20. The summed E-state index contributed by atoms with van der Waals surface area (Å²) in [5.41, 5.74) is 1.38. The van der Waals surface area contributed by atoms with Crippen LogP contribution in [0.25, 0.3) is 0 Å². The van der Waals surface area contributed by atoms with Crippen LogP contribution in [0.4, 0.5) is 5.69 Å². The Labute approximate surface area is 199 Å². The SMILES string of the molecule is C#C/C=C(\C)NC(=Nc1cncnc1OC(C)(C)C)c1ccc(Cl)cc1Cl.C=CCCl. The van der Waals surface area contributed by atoms with Crippen LogP contribution < -0.4 is 10.1 Å². The number of alkyl halides is 1. The van der Waals surface area contributed by atoms with Gasteiger partial charge in [-0.1, -0.05) is 35.2 Å². The molecule has 0 spiro atoms. The van der Waals surface area contributed by atoms with E-state index in [1.165, 1.54) is 6.33 Å². The molecule has 0 saturated carbocycles. The van der Waals surface area contributed by atoms with Crippen molar-refractivity contribution in [3.63, 3.8) is 0 Å². The Morgan fingerprint density at radius 2 is 2.03 bits per heavy atom. The minimum Gasteiger partial charge on any atom is -0.470 e. The fraction of sp³-hybridized carbons (Fsp3) is 0.261. The minimum absolute atomic E-state index is 0.362. The van der Waals surface area contributed by atoms with Gasteiger partial charge in [0.05, 0.1) is 11.2 Å². The second-order valence-corrected chi connectivity index (χ2v) is 8.23. The van der Waals surface area contributed by atoms with Gasteiger partial charge in [0.1, 0.15) is 23.5 Å². The Kier molecular flexibility index (Phi) is 11.1. The Morgan fingerprint density at radius 3 is 2.58 bits per heavy atom. The monoisotopic (exact) mass is 478 g/mol. The zero-order chi connectivity index (χ0) is 23.4. The molecule has 1 aromatic carbocycles. The van der Waals surface area contributed by atoms with Crippen molar-refractivity contribution in [2.45, 2.75) is 33.3 Å². The maximum atomic E-state index is 6.37. The summed E-state index contributed by atoms with van der Waals surface area (Å²) >= 11 is 17.5. The molecule has 0 atom stereocenters. The third kappa shape index (κ3) is 9.89. The number of halogens is 3. The lowest BCUT2D eigenvalue weighted by molar-refractivity contribution is 0.125. The molecule has 0 radical (unpaired) electrons. The zero-order valence-corrected chi connectivity index (χ0v) is 20.2. The number of allylic oxidation sites excluding steroid dienone is 3. The molecule has 0 fully saturated rings. The van der Waals surface area contributed by atoms with Crippen LogP contribution in [-0.2, 0) is 0 Å². The zero-order valence-electron chi connectivity index (χ0n) is 17.9. The van der Waals surface area contributed by atoms with Gasteiger partial charge in [-0.2, -0.15) is 4.98 Å². The number of aromatic nitrogens is 2. The maximum absolute atomic E-state index is 6.37. The van der Waals surface area contributed by atoms with Crippen LogP contribution >= 0.6 is 34.8 Å². The lowest BCUT2D eigenvalue weighted by Crippen LogP contribution is -2.24. The Morgan fingerprint density at radius 1 is 1.35 bits per heavy atom. The van der Waals surface area contributed by atoms with Crippen molar-refractivity contribution in [3.05, 3.63) is 70.8 Å². The van der Waals surface area contributed by atoms with Crippen molar-refractivity contribution in [2.75, 3.05) is 5.88 Å². The molecule has 2 aromatic rings. The number of hydrogen-bond acceptors (Lipinski definition) is 4. The number of hydrogen-bond donors (Lipinski definition) is 1. The standard InChI is InChI=1S/C20H20Cl2N4O.C3H5Cl/c1-6-7-13(2)25-18(15-9-8-14(21)10-16(15)22)26-17-11-23-12-24-19(17)27-20(3,4)5;1-2-3-4/h1,7-12H,2-5H3,(H,25,26);2H,1,3H2/b13-7+;. The quantitative estimate of drug-likeness (QED) is 0.173. The molecule has 1 aromatic heterocycles. The van der Waals surface area contributed by atoms with Crippen LogP contribution in [0.3, 0.4) is 0 Å². The first kappa shape index (κ1) is 26.5. The molecule has 0 bridgehead atoms. The first-order valence-corrected chi connectivity index (χ1v) is 10.5. The van der Waals surface area contributed by atoms with Gasteiger partial charge in [-0.3, -0.25) is 0 Å². The maximum Gasteiger partial charge on any atom is 0.243 e. The van der Waals surface area contributed by atoms with Gasteiger partial charge in [0.15, 0.2) is 0 Å². The van der Waals surface area contributed by atoms with Crippen LogP contribution in [0.5, 0.6) is 5.88 Å². The highest BCUT2D eigenvalue weighted by atomic mass is 35.5. The number of nitrogens with zero attached hydrogens (tertiary/aromatic N) is 3. The average molecular weight is 480 g/mol. The molecule has 0 saturated heterocycles.